The number of ether oxygens (including phenoxy) is 2. The van der Waals surface area contributed by atoms with Crippen molar-refractivity contribution < 1.29 is 14.0 Å². The summed E-state index contributed by atoms with van der Waals surface area (Å²) in [5.74, 6) is 1.39. The highest BCUT2D eigenvalue weighted by molar-refractivity contribution is 5.81. The highest BCUT2D eigenvalue weighted by atomic mass is 16.7. The number of nitrogens with one attached hydrogen (secondary N) is 1. The van der Waals surface area contributed by atoms with E-state index in [-0.39, 0.29) is 19.2 Å². The zero-order valence-corrected chi connectivity index (χ0v) is 13.7. The summed E-state index contributed by atoms with van der Waals surface area (Å²) >= 11 is 0. The lowest BCUT2D eigenvalue weighted by molar-refractivity contribution is 0.174. The molecule has 0 amide bonds. The SMILES string of the molecule is O=c1[nH]c2cc3c(cc2c(=O)n1Cc1nc(-c2cccnc2)no1)OCO3. The van der Waals surface area contributed by atoms with E-state index in [0.717, 1.165) is 4.57 Å². The molecule has 0 unspecified atom stereocenters. The van der Waals surface area contributed by atoms with Crippen LogP contribution in [0.15, 0.2) is 50.8 Å². The van der Waals surface area contributed by atoms with Gasteiger partial charge in [-0.05, 0) is 18.2 Å². The summed E-state index contributed by atoms with van der Waals surface area (Å²) in [6.45, 7) is -0.0883. The third-order valence-corrected chi connectivity index (χ3v) is 4.16. The molecule has 27 heavy (non-hydrogen) atoms. The van der Waals surface area contributed by atoms with Crippen LogP contribution in [0.2, 0.25) is 0 Å². The van der Waals surface area contributed by atoms with Gasteiger partial charge in [0.2, 0.25) is 18.5 Å². The van der Waals surface area contributed by atoms with Crippen LogP contribution >= 0.6 is 0 Å². The van der Waals surface area contributed by atoms with Gasteiger partial charge in [-0.25, -0.2) is 4.79 Å². The maximum absolute atomic E-state index is 12.8. The highest BCUT2D eigenvalue weighted by Crippen LogP contribution is 2.34. The van der Waals surface area contributed by atoms with Crippen molar-refractivity contribution in [2.24, 2.45) is 0 Å². The molecule has 0 radical (unpaired) electrons. The molecule has 3 aromatic heterocycles. The van der Waals surface area contributed by atoms with Gasteiger partial charge < -0.3 is 19.0 Å². The average molecular weight is 365 g/mol. The third-order valence-electron chi connectivity index (χ3n) is 4.16. The van der Waals surface area contributed by atoms with E-state index in [1.807, 2.05) is 0 Å². The molecule has 0 bridgehead atoms. The van der Waals surface area contributed by atoms with Crippen LogP contribution in [0, 0.1) is 0 Å². The van der Waals surface area contributed by atoms with Crippen LogP contribution in [-0.4, -0.2) is 31.5 Å². The number of nitrogens with zero attached hydrogens (tertiary/aromatic N) is 4. The minimum Gasteiger partial charge on any atom is -0.454 e. The average Bonchev–Trinajstić information content (AvgIpc) is 3.33. The first-order valence-electron chi connectivity index (χ1n) is 7.98. The molecule has 10 nitrogen and oxygen atoms in total. The number of aromatic nitrogens is 5. The lowest BCUT2D eigenvalue weighted by Gasteiger charge is -2.05. The van der Waals surface area contributed by atoms with Crippen molar-refractivity contribution in [1.29, 1.82) is 0 Å². The summed E-state index contributed by atoms with van der Waals surface area (Å²) in [4.78, 5) is 36.0. The van der Waals surface area contributed by atoms with Gasteiger partial charge in [-0.1, -0.05) is 5.16 Å². The topological polar surface area (TPSA) is 125 Å². The van der Waals surface area contributed by atoms with E-state index < -0.39 is 11.2 Å². The van der Waals surface area contributed by atoms with E-state index in [1.54, 1.807) is 36.7 Å². The molecule has 1 aliphatic rings. The lowest BCUT2D eigenvalue weighted by Crippen LogP contribution is -2.35. The van der Waals surface area contributed by atoms with Crippen LogP contribution in [-0.2, 0) is 6.54 Å². The smallest absolute Gasteiger partial charge is 0.329 e. The lowest BCUT2D eigenvalue weighted by atomic mass is 10.2. The summed E-state index contributed by atoms with van der Waals surface area (Å²) in [6, 6.07) is 6.63. The van der Waals surface area contributed by atoms with Crippen LogP contribution in [0.25, 0.3) is 22.3 Å². The molecule has 4 heterocycles. The maximum Gasteiger partial charge on any atom is 0.329 e. The number of hydrogen-bond acceptors (Lipinski definition) is 8. The van der Waals surface area contributed by atoms with Crippen molar-refractivity contribution >= 4 is 10.9 Å². The van der Waals surface area contributed by atoms with Gasteiger partial charge >= 0.3 is 5.69 Å². The van der Waals surface area contributed by atoms with Crippen LogP contribution in [0.5, 0.6) is 11.5 Å². The van der Waals surface area contributed by atoms with Gasteiger partial charge in [0, 0.05) is 24.0 Å². The minimum atomic E-state index is -0.590. The molecule has 0 aliphatic carbocycles. The Morgan fingerprint density at radius 2 is 2.04 bits per heavy atom. The van der Waals surface area contributed by atoms with Crippen molar-refractivity contribution in [1.82, 2.24) is 24.7 Å². The van der Waals surface area contributed by atoms with E-state index in [0.29, 0.717) is 33.8 Å². The predicted octanol–water partition coefficient (Wildman–Crippen LogP) is 0.912. The van der Waals surface area contributed by atoms with E-state index in [2.05, 4.69) is 20.1 Å². The molecular weight excluding hydrogens is 354 g/mol. The van der Waals surface area contributed by atoms with Gasteiger partial charge in [0.15, 0.2) is 11.5 Å². The Kier molecular flexibility index (Phi) is 3.29. The molecule has 0 saturated heterocycles. The molecule has 0 spiro atoms. The van der Waals surface area contributed by atoms with Crippen molar-refractivity contribution in [3.05, 3.63) is 63.4 Å². The number of pyridine rings is 1. The first kappa shape index (κ1) is 15.3. The van der Waals surface area contributed by atoms with Crippen molar-refractivity contribution in [2.75, 3.05) is 6.79 Å². The molecule has 1 N–H and O–H groups in total. The fraction of sp³-hybridized carbons (Fsp3) is 0.118. The Bertz CT molecular complexity index is 1270. The summed E-state index contributed by atoms with van der Waals surface area (Å²) in [5.41, 5.74) is -0.0484. The van der Waals surface area contributed by atoms with E-state index in [4.69, 9.17) is 14.0 Å². The second-order valence-electron chi connectivity index (χ2n) is 5.83. The second kappa shape index (κ2) is 5.80. The monoisotopic (exact) mass is 365 g/mol. The van der Waals surface area contributed by atoms with Crippen LogP contribution < -0.4 is 20.7 Å². The summed E-state index contributed by atoms with van der Waals surface area (Å²) in [5, 5.41) is 4.16. The van der Waals surface area contributed by atoms with Gasteiger partial charge in [0.05, 0.1) is 10.9 Å². The number of fused-ring (bicyclic) bond motifs is 2. The first-order valence-corrected chi connectivity index (χ1v) is 7.98. The normalized spacial score (nSPS) is 12.6. The fourth-order valence-corrected chi connectivity index (χ4v) is 2.85. The fourth-order valence-electron chi connectivity index (χ4n) is 2.85. The second-order valence-corrected chi connectivity index (χ2v) is 5.83. The number of aromatic amines is 1. The number of rotatable bonds is 3. The summed E-state index contributed by atoms with van der Waals surface area (Å²) < 4.78 is 16.7. The molecule has 1 aromatic carbocycles. The first-order chi connectivity index (χ1) is 13.2. The Morgan fingerprint density at radius 3 is 2.85 bits per heavy atom. The Hall–Kier alpha value is -3.95. The quantitative estimate of drug-likeness (QED) is 0.568. The van der Waals surface area contributed by atoms with Gasteiger partial charge in [-0.2, -0.15) is 4.98 Å². The summed E-state index contributed by atoms with van der Waals surface area (Å²) in [6.07, 6.45) is 3.22. The van der Waals surface area contributed by atoms with E-state index in [9.17, 15) is 9.59 Å². The number of H-pyrrole nitrogens is 1. The van der Waals surface area contributed by atoms with Crippen molar-refractivity contribution in [3.63, 3.8) is 0 Å². The maximum atomic E-state index is 12.8. The molecule has 1 aliphatic heterocycles. The molecular formula is C17H11N5O5. The van der Waals surface area contributed by atoms with Gasteiger partial charge in [-0.3, -0.25) is 14.3 Å². The van der Waals surface area contributed by atoms with Crippen LogP contribution in [0.1, 0.15) is 5.89 Å². The predicted molar refractivity (Wildman–Crippen MR) is 91.6 cm³/mol. The third kappa shape index (κ3) is 2.54. The number of hydrogen-bond donors (Lipinski definition) is 1. The molecule has 134 valence electrons. The largest absolute Gasteiger partial charge is 0.454 e. The van der Waals surface area contributed by atoms with E-state index >= 15 is 0 Å². The summed E-state index contributed by atoms with van der Waals surface area (Å²) in [7, 11) is 0. The standard InChI is InChI=1S/C17H11N5O5/c23-16-10-4-12-13(26-8-25-12)5-11(10)19-17(24)22(16)7-14-20-15(21-27-14)9-2-1-3-18-6-9/h1-6H,7-8H2,(H,19,24). The Balaban J connectivity index is 1.56. The van der Waals surface area contributed by atoms with Crippen molar-refractivity contribution in [3.8, 4) is 22.9 Å². The highest BCUT2D eigenvalue weighted by Gasteiger charge is 2.19. The van der Waals surface area contributed by atoms with Gasteiger partial charge in [0.25, 0.3) is 5.56 Å². The molecule has 0 fully saturated rings. The molecule has 5 rings (SSSR count). The Morgan fingerprint density at radius 1 is 1.19 bits per heavy atom. The van der Waals surface area contributed by atoms with Crippen LogP contribution in [0.4, 0.5) is 0 Å². The molecule has 4 aromatic rings. The molecule has 0 atom stereocenters. The zero-order valence-electron chi connectivity index (χ0n) is 13.7. The number of benzene rings is 1. The minimum absolute atomic E-state index is 0.0726. The Labute approximate surface area is 150 Å². The van der Waals surface area contributed by atoms with Crippen molar-refractivity contribution in [2.45, 2.75) is 6.54 Å². The van der Waals surface area contributed by atoms with Gasteiger partial charge in [-0.15, -0.1) is 0 Å². The molecule has 10 heteroatoms. The zero-order chi connectivity index (χ0) is 18.4. The van der Waals surface area contributed by atoms with E-state index in [1.165, 1.54) is 0 Å². The van der Waals surface area contributed by atoms with Crippen LogP contribution in [0.3, 0.4) is 0 Å². The van der Waals surface area contributed by atoms with Gasteiger partial charge in [0.1, 0.15) is 6.54 Å². The molecule has 0 saturated carbocycles.